The van der Waals surface area contributed by atoms with Crippen molar-refractivity contribution in [1.82, 2.24) is 0 Å². The lowest BCUT2D eigenvalue weighted by Crippen LogP contribution is -2.74. The third-order valence-electron chi connectivity index (χ3n) is 7.48. The molecule has 2 N–H and O–H groups in total. The summed E-state index contributed by atoms with van der Waals surface area (Å²) in [5.74, 6) is -106. The molecule has 0 aliphatic carbocycles. The van der Waals surface area contributed by atoms with Crippen LogP contribution in [0.5, 0.6) is 0 Å². The Kier molecular flexibility index (Phi) is 11.5. The predicted octanol–water partition coefficient (Wildman–Crippen LogP) is 9.45. The van der Waals surface area contributed by atoms with E-state index in [0.717, 1.165) is 0 Å². The Morgan fingerprint density at radius 2 is 0.608 bits per heavy atom. The standard InChI is InChI=1S/C21H12F26O4/c1-4(7(48)49)9(8(50)51,5(2)10(22,23)12(26,27)14(30,31)16(34,35)18(38,39)20(42,43)44)6(3)11(24,25)13(28,29)15(32,33)17(36,37)19(40,41)21(45,46)47/h5-6H,1H2,2-3H3,(H,48,49)(H,50,51). The lowest BCUT2D eigenvalue weighted by Gasteiger charge is -2.50. The van der Waals surface area contributed by atoms with Crippen molar-refractivity contribution in [2.75, 3.05) is 0 Å². The summed E-state index contributed by atoms with van der Waals surface area (Å²) >= 11 is 0. The molecule has 2 atom stereocenters. The molecule has 0 radical (unpaired) electrons. The summed E-state index contributed by atoms with van der Waals surface area (Å²) in [6, 6.07) is 0. The van der Waals surface area contributed by atoms with Crippen molar-refractivity contribution in [3.63, 3.8) is 0 Å². The van der Waals surface area contributed by atoms with E-state index < -0.39 is 120 Å². The summed E-state index contributed by atoms with van der Waals surface area (Å²) in [7, 11) is 0. The molecular weight excluding hydrogens is 810 g/mol. The molecule has 0 aliphatic rings. The van der Waals surface area contributed by atoms with Gasteiger partial charge in [-0.3, -0.25) is 4.79 Å². The zero-order valence-electron chi connectivity index (χ0n) is 23.4. The summed E-state index contributed by atoms with van der Waals surface area (Å²) in [5.41, 5.74) is -9.60. The maximum Gasteiger partial charge on any atom is 0.460 e. The number of rotatable bonds is 15. The summed E-state index contributed by atoms with van der Waals surface area (Å²) < 4.78 is 356. The molecule has 0 saturated heterocycles. The van der Waals surface area contributed by atoms with Crippen LogP contribution in [0.4, 0.5) is 114 Å². The number of carboxylic acid groups (broad SMARTS) is 2. The Balaban J connectivity index is 8.23. The van der Waals surface area contributed by atoms with E-state index in [1.807, 2.05) is 0 Å². The Hall–Kier alpha value is -3.14. The van der Waals surface area contributed by atoms with Crippen LogP contribution in [0.25, 0.3) is 0 Å². The van der Waals surface area contributed by atoms with Gasteiger partial charge in [0.2, 0.25) is 0 Å². The van der Waals surface area contributed by atoms with Crippen molar-refractivity contribution < 1.29 is 134 Å². The molecule has 0 fully saturated rings. The molecule has 51 heavy (non-hydrogen) atoms. The minimum Gasteiger partial charge on any atom is -0.481 e. The number of alkyl halides is 26. The van der Waals surface area contributed by atoms with Gasteiger partial charge in [0.25, 0.3) is 0 Å². The quantitative estimate of drug-likeness (QED) is 0.128. The van der Waals surface area contributed by atoms with Crippen LogP contribution in [0.15, 0.2) is 12.2 Å². The predicted molar refractivity (Wildman–Crippen MR) is 107 cm³/mol. The molecule has 0 aliphatic heterocycles. The van der Waals surface area contributed by atoms with Gasteiger partial charge in [-0.25, -0.2) is 4.79 Å². The van der Waals surface area contributed by atoms with E-state index in [0.29, 0.717) is 0 Å². The van der Waals surface area contributed by atoms with Crippen LogP contribution < -0.4 is 0 Å². The van der Waals surface area contributed by atoms with Gasteiger partial charge in [0.1, 0.15) is 5.41 Å². The highest BCUT2D eigenvalue weighted by Gasteiger charge is 2.94. The average Bonchev–Trinajstić information content (AvgIpc) is 2.90. The fourth-order valence-electron chi connectivity index (χ4n) is 4.25. The van der Waals surface area contributed by atoms with E-state index in [-0.39, 0.29) is 0 Å². The molecular formula is C21H12F26O4. The number of hydrogen-bond acceptors (Lipinski definition) is 2. The molecule has 0 rings (SSSR count). The van der Waals surface area contributed by atoms with Crippen LogP contribution in [0.2, 0.25) is 0 Å². The van der Waals surface area contributed by atoms with Crippen molar-refractivity contribution >= 4 is 11.9 Å². The topological polar surface area (TPSA) is 74.6 Å². The fraction of sp³-hybridized carbons (Fsp3) is 0.810. The van der Waals surface area contributed by atoms with Crippen molar-refractivity contribution in [1.29, 1.82) is 0 Å². The first-order valence-corrected chi connectivity index (χ1v) is 11.7. The van der Waals surface area contributed by atoms with E-state index in [1.165, 1.54) is 0 Å². The average molecular weight is 822 g/mol. The number of aliphatic carboxylic acids is 2. The van der Waals surface area contributed by atoms with Gasteiger partial charge in [-0.05, 0) is 0 Å². The summed E-state index contributed by atoms with van der Waals surface area (Å²) in [6.45, 7) is -1.00. The highest BCUT2D eigenvalue weighted by molar-refractivity contribution is 5.96. The number of carboxylic acids is 2. The van der Waals surface area contributed by atoms with Crippen molar-refractivity contribution in [2.24, 2.45) is 17.3 Å². The first-order chi connectivity index (χ1) is 21.6. The molecule has 0 bridgehead atoms. The molecule has 302 valence electrons. The van der Waals surface area contributed by atoms with Gasteiger partial charge in [0, 0.05) is 17.4 Å². The summed E-state index contributed by atoms with van der Waals surface area (Å²) in [5, 5.41) is 18.3. The number of hydrogen-bond donors (Lipinski definition) is 2. The highest BCUT2D eigenvalue weighted by Crippen LogP contribution is 2.67. The van der Waals surface area contributed by atoms with E-state index in [1.54, 1.807) is 6.58 Å². The van der Waals surface area contributed by atoms with E-state index in [2.05, 4.69) is 0 Å². The zero-order valence-corrected chi connectivity index (χ0v) is 23.4. The summed E-state index contributed by atoms with van der Waals surface area (Å²) in [4.78, 5) is 23.4. The lowest BCUT2D eigenvalue weighted by molar-refractivity contribution is -0.448. The number of carbonyl (C=O) groups is 2. The largest absolute Gasteiger partial charge is 0.481 e. The van der Waals surface area contributed by atoms with Crippen LogP contribution in [0.1, 0.15) is 13.8 Å². The van der Waals surface area contributed by atoms with Gasteiger partial charge in [-0.15, -0.1) is 0 Å². The lowest BCUT2D eigenvalue weighted by atomic mass is 9.57. The Morgan fingerprint density at radius 3 is 0.765 bits per heavy atom. The Bertz CT molecular complexity index is 1270. The molecule has 0 aromatic carbocycles. The van der Waals surface area contributed by atoms with Crippen molar-refractivity contribution in [3.8, 4) is 0 Å². The van der Waals surface area contributed by atoms with E-state index >= 15 is 17.6 Å². The van der Waals surface area contributed by atoms with Gasteiger partial charge in [-0.1, -0.05) is 20.4 Å². The first-order valence-electron chi connectivity index (χ1n) is 11.7. The van der Waals surface area contributed by atoms with Gasteiger partial charge >= 0.3 is 83.5 Å². The normalized spacial score (nSPS) is 18.2. The second kappa shape index (κ2) is 12.2. The SMILES string of the molecule is C=C(C(=O)O)C(C(=O)O)(C(C)C(F)(F)C(F)(F)C(F)(F)C(F)(F)C(F)(F)C(F)(F)F)C(C)C(F)(F)C(F)(F)C(F)(F)C(F)(F)C(F)(F)C(F)(F)F. The zero-order chi connectivity index (χ0) is 42.4. The Labute approximate surface area is 262 Å². The molecule has 0 heterocycles. The van der Waals surface area contributed by atoms with E-state index in [4.69, 9.17) is 5.11 Å². The minimum absolute atomic E-state index is 1.40. The van der Waals surface area contributed by atoms with Crippen LogP contribution in [0.3, 0.4) is 0 Å². The molecule has 0 saturated carbocycles. The molecule has 2 unspecified atom stereocenters. The van der Waals surface area contributed by atoms with Gasteiger partial charge in [-0.2, -0.15) is 114 Å². The van der Waals surface area contributed by atoms with Crippen molar-refractivity contribution in [2.45, 2.75) is 85.4 Å². The molecule has 0 aromatic heterocycles. The first kappa shape index (κ1) is 47.9. The maximum absolute atomic E-state index is 15.0. The van der Waals surface area contributed by atoms with Crippen LogP contribution in [0, 0.1) is 17.3 Å². The molecule has 0 amide bonds. The van der Waals surface area contributed by atoms with Gasteiger partial charge in [0.15, 0.2) is 0 Å². The molecule has 0 aromatic rings. The Morgan fingerprint density at radius 1 is 0.412 bits per heavy atom. The fourth-order valence-corrected chi connectivity index (χ4v) is 4.25. The number of halogens is 26. The second-order valence-corrected chi connectivity index (χ2v) is 10.2. The van der Waals surface area contributed by atoms with Crippen LogP contribution >= 0.6 is 0 Å². The van der Waals surface area contributed by atoms with Crippen LogP contribution in [-0.2, 0) is 9.59 Å². The third-order valence-corrected chi connectivity index (χ3v) is 7.48. The molecule has 30 heteroatoms. The molecule has 4 nitrogen and oxygen atoms in total. The van der Waals surface area contributed by atoms with Gasteiger partial charge in [0.05, 0.1) is 0 Å². The van der Waals surface area contributed by atoms with Gasteiger partial charge < -0.3 is 10.2 Å². The molecule has 0 spiro atoms. The third kappa shape index (κ3) is 5.86. The maximum atomic E-state index is 15.0. The monoisotopic (exact) mass is 822 g/mol. The summed E-state index contributed by atoms with van der Waals surface area (Å²) in [6.07, 6.45) is -16.2. The minimum atomic E-state index is -8.96. The second-order valence-electron chi connectivity index (χ2n) is 10.2. The van der Waals surface area contributed by atoms with Crippen molar-refractivity contribution in [3.05, 3.63) is 12.2 Å². The highest BCUT2D eigenvalue weighted by atomic mass is 19.4. The smallest absolute Gasteiger partial charge is 0.460 e. The van der Waals surface area contributed by atoms with E-state index in [9.17, 15) is 111 Å². The van der Waals surface area contributed by atoms with Crippen LogP contribution in [-0.4, -0.2) is 93.7 Å².